The van der Waals surface area contributed by atoms with Gasteiger partial charge >= 0.3 is 0 Å². The second kappa shape index (κ2) is 12.5. The first-order chi connectivity index (χ1) is 25.8. The molecule has 0 aliphatic carbocycles. The van der Waals surface area contributed by atoms with E-state index in [0.717, 1.165) is 22.7 Å². The predicted octanol–water partition coefficient (Wildman–Crippen LogP) is 13.9. The van der Waals surface area contributed by atoms with Gasteiger partial charge in [-0.3, -0.25) is 0 Å². The van der Waals surface area contributed by atoms with Gasteiger partial charge < -0.3 is 9.47 Å². The van der Waals surface area contributed by atoms with E-state index in [9.17, 15) is 0 Å². The molecule has 2 heteroatoms. The molecule has 52 heavy (non-hydrogen) atoms. The second-order valence-corrected chi connectivity index (χ2v) is 13.3. The summed E-state index contributed by atoms with van der Waals surface area (Å²) in [4.78, 5) is 2.51. The molecule has 10 rings (SSSR count). The number of benzene rings is 9. The zero-order chi connectivity index (χ0) is 34.4. The van der Waals surface area contributed by atoms with Gasteiger partial charge in [-0.05, 0) is 81.2 Å². The van der Waals surface area contributed by atoms with E-state index >= 15 is 0 Å². The van der Waals surface area contributed by atoms with Crippen molar-refractivity contribution in [2.24, 2.45) is 0 Å². The largest absolute Gasteiger partial charge is 0.309 e. The SMILES string of the molecule is c1ccc(-n2c3ccccc3c3c(N(c4ccccc4-c4ccc5ccccc5c4)c4ccccc4-c4cccc5ccccc45)cccc32)cc1. The first kappa shape index (κ1) is 30.0. The van der Waals surface area contributed by atoms with E-state index in [1.807, 2.05) is 0 Å². The Kier molecular flexibility index (Phi) is 7.18. The molecule has 0 spiro atoms. The fourth-order valence-corrected chi connectivity index (χ4v) is 8.06. The molecule has 1 aromatic heterocycles. The molecule has 0 saturated carbocycles. The number of anilines is 3. The van der Waals surface area contributed by atoms with Crippen LogP contribution in [0.3, 0.4) is 0 Å². The van der Waals surface area contributed by atoms with E-state index < -0.39 is 0 Å². The van der Waals surface area contributed by atoms with Gasteiger partial charge in [0.2, 0.25) is 0 Å². The molecule has 0 radical (unpaired) electrons. The normalized spacial score (nSPS) is 11.5. The van der Waals surface area contributed by atoms with Crippen molar-refractivity contribution < 1.29 is 0 Å². The molecule has 1 heterocycles. The molecule has 0 aliphatic rings. The van der Waals surface area contributed by atoms with Gasteiger partial charge in [0.05, 0.1) is 28.1 Å². The first-order valence-electron chi connectivity index (χ1n) is 17.9. The van der Waals surface area contributed by atoms with Gasteiger partial charge in [-0.1, -0.05) is 158 Å². The number of hydrogen-bond acceptors (Lipinski definition) is 1. The summed E-state index contributed by atoms with van der Waals surface area (Å²) in [5.41, 5.74) is 11.6. The van der Waals surface area contributed by atoms with Crippen LogP contribution in [-0.4, -0.2) is 4.57 Å². The monoisotopic (exact) mass is 662 g/mol. The van der Waals surface area contributed by atoms with Crippen LogP contribution in [0, 0.1) is 0 Å². The average Bonchev–Trinajstić information content (AvgIpc) is 3.56. The first-order valence-corrected chi connectivity index (χ1v) is 17.9. The number of rotatable bonds is 6. The van der Waals surface area contributed by atoms with E-state index in [1.54, 1.807) is 0 Å². The summed E-state index contributed by atoms with van der Waals surface area (Å²) in [7, 11) is 0. The molecular formula is C50H34N2. The molecule has 0 atom stereocenters. The molecule has 0 fully saturated rings. The van der Waals surface area contributed by atoms with Gasteiger partial charge in [-0.25, -0.2) is 0 Å². The Morgan fingerprint density at radius 1 is 0.327 bits per heavy atom. The Morgan fingerprint density at radius 2 is 0.885 bits per heavy atom. The highest BCUT2D eigenvalue weighted by Crippen LogP contribution is 2.49. The maximum absolute atomic E-state index is 2.51. The molecule has 0 saturated heterocycles. The van der Waals surface area contributed by atoms with E-state index in [-0.39, 0.29) is 0 Å². The molecule has 9 aromatic carbocycles. The molecule has 0 unspecified atom stereocenters. The van der Waals surface area contributed by atoms with Crippen LogP contribution < -0.4 is 4.90 Å². The molecule has 2 nitrogen and oxygen atoms in total. The van der Waals surface area contributed by atoms with Crippen molar-refractivity contribution >= 4 is 60.4 Å². The van der Waals surface area contributed by atoms with E-state index in [0.29, 0.717) is 0 Å². The molecule has 244 valence electrons. The van der Waals surface area contributed by atoms with E-state index in [1.165, 1.54) is 65.6 Å². The lowest BCUT2D eigenvalue weighted by molar-refractivity contribution is 1.18. The minimum absolute atomic E-state index is 1.12. The number of fused-ring (bicyclic) bond motifs is 5. The highest BCUT2D eigenvalue weighted by molar-refractivity contribution is 6.17. The van der Waals surface area contributed by atoms with Gasteiger partial charge in [0.15, 0.2) is 0 Å². The summed E-state index contributed by atoms with van der Waals surface area (Å²) in [6.45, 7) is 0. The zero-order valence-corrected chi connectivity index (χ0v) is 28.5. The summed E-state index contributed by atoms with van der Waals surface area (Å²) in [6.07, 6.45) is 0. The quantitative estimate of drug-likeness (QED) is 0.172. The van der Waals surface area contributed by atoms with Crippen LogP contribution in [0.4, 0.5) is 17.1 Å². The van der Waals surface area contributed by atoms with Crippen LogP contribution in [-0.2, 0) is 0 Å². The van der Waals surface area contributed by atoms with E-state index in [4.69, 9.17) is 0 Å². The maximum atomic E-state index is 2.51. The third-order valence-corrected chi connectivity index (χ3v) is 10.4. The van der Waals surface area contributed by atoms with Gasteiger partial charge in [0.1, 0.15) is 0 Å². The van der Waals surface area contributed by atoms with Crippen molar-refractivity contribution in [3.8, 4) is 27.9 Å². The molecule has 0 bridgehead atoms. The van der Waals surface area contributed by atoms with E-state index in [2.05, 4.69) is 216 Å². The number of aromatic nitrogens is 1. The highest BCUT2D eigenvalue weighted by Gasteiger charge is 2.25. The Labute approximate surface area is 303 Å². The minimum Gasteiger partial charge on any atom is -0.309 e. The Hall–Kier alpha value is -6.90. The van der Waals surface area contributed by atoms with Crippen LogP contribution in [0.2, 0.25) is 0 Å². The Bertz CT molecular complexity index is 2910. The maximum Gasteiger partial charge on any atom is 0.0562 e. The Balaban J connectivity index is 1.32. The van der Waals surface area contributed by atoms with Gasteiger partial charge in [-0.15, -0.1) is 0 Å². The lowest BCUT2D eigenvalue weighted by atomic mass is 9.94. The van der Waals surface area contributed by atoms with Crippen molar-refractivity contribution in [3.05, 3.63) is 206 Å². The number of para-hydroxylation sites is 4. The van der Waals surface area contributed by atoms with Crippen LogP contribution in [0.5, 0.6) is 0 Å². The molecule has 0 N–H and O–H groups in total. The van der Waals surface area contributed by atoms with Gasteiger partial charge in [0.25, 0.3) is 0 Å². The summed E-state index contributed by atoms with van der Waals surface area (Å²) < 4.78 is 2.40. The predicted molar refractivity (Wildman–Crippen MR) is 221 cm³/mol. The van der Waals surface area contributed by atoms with Crippen molar-refractivity contribution in [2.45, 2.75) is 0 Å². The smallest absolute Gasteiger partial charge is 0.0562 e. The number of hydrogen-bond donors (Lipinski definition) is 0. The molecule has 0 amide bonds. The minimum atomic E-state index is 1.12. The van der Waals surface area contributed by atoms with Crippen LogP contribution in [0.15, 0.2) is 206 Å². The summed E-state index contributed by atoms with van der Waals surface area (Å²) in [5.74, 6) is 0. The summed E-state index contributed by atoms with van der Waals surface area (Å²) in [5, 5.41) is 7.35. The van der Waals surface area contributed by atoms with Crippen LogP contribution in [0.25, 0.3) is 71.3 Å². The zero-order valence-electron chi connectivity index (χ0n) is 28.5. The fourth-order valence-electron chi connectivity index (χ4n) is 8.06. The molecule has 10 aromatic rings. The summed E-state index contributed by atoms with van der Waals surface area (Å²) in [6, 6.07) is 74.8. The van der Waals surface area contributed by atoms with Crippen molar-refractivity contribution in [1.82, 2.24) is 4.57 Å². The van der Waals surface area contributed by atoms with Crippen molar-refractivity contribution in [2.75, 3.05) is 4.90 Å². The van der Waals surface area contributed by atoms with Crippen molar-refractivity contribution in [1.29, 1.82) is 0 Å². The topological polar surface area (TPSA) is 8.17 Å². The molecular weight excluding hydrogens is 629 g/mol. The fraction of sp³-hybridized carbons (Fsp3) is 0. The average molecular weight is 663 g/mol. The van der Waals surface area contributed by atoms with Crippen molar-refractivity contribution in [3.63, 3.8) is 0 Å². The third kappa shape index (κ3) is 4.88. The van der Waals surface area contributed by atoms with Crippen LogP contribution in [0.1, 0.15) is 0 Å². The van der Waals surface area contributed by atoms with Gasteiger partial charge in [0, 0.05) is 27.6 Å². The standard InChI is InChI=1S/C50H34N2/c1-2-20-39(21-3-1)51-47-29-13-10-25-44(47)50-48(51)30-15-31-49(50)52(45-27-11-8-23-41(45)38-33-32-35-16-4-5-18-37(35)34-38)46-28-12-9-24-43(46)42-26-14-19-36-17-6-7-22-40(36)42/h1-34H. The lowest BCUT2D eigenvalue weighted by Gasteiger charge is -2.31. The van der Waals surface area contributed by atoms with Gasteiger partial charge in [-0.2, -0.15) is 0 Å². The summed E-state index contributed by atoms with van der Waals surface area (Å²) >= 11 is 0. The second-order valence-electron chi connectivity index (χ2n) is 13.3. The molecule has 0 aliphatic heterocycles. The van der Waals surface area contributed by atoms with Crippen LogP contribution >= 0.6 is 0 Å². The highest BCUT2D eigenvalue weighted by atomic mass is 15.2. The number of nitrogens with zero attached hydrogens (tertiary/aromatic N) is 2. The Morgan fingerprint density at radius 3 is 1.73 bits per heavy atom. The lowest BCUT2D eigenvalue weighted by Crippen LogP contribution is -2.13. The third-order valence-electron chi connectivity index (χ3n) is 10.4.